The molecule has 1 aromatic rings. The van der Waals surface area contributed by atoms with Gasteiger partial charge in [0.2, 0.25) is 0 Å². The van der Waals surface area contributed by atoms with Gasteiger partial charge in [0.05, 0.1) is 0 Å². The van der Waals surface area contributed by atoms with E-state index < -0.39 is 5.51 Å². The molecule has 0 radical (unpaired) electrons. The van der Waals surface area contributed by atoms with Crippen LogP contribution < -0.4 is 5.32 Å². The van der Waals surface area contributed by atoms with E-state index in [0.717, 1.165) is 12.1 Å². The maximum absolute atomic E-state index is 12.2. The Balaban J connectivity index is 2.45. The Morgan fingerprint density at radius 3 is 2.16 bits per heavy atom. The van der Waals surface area contributed by atoms with Gasteiger partial charge in [-0.3, -0.25) is 0 Å². The lowest BCUT2D eigenvalue weighted by Crippen LogP contribution is -2.31. The predicted molar refractivity (Wildman–Crippen MR) is 77.7 cm³/mol. The van der Waals surface area contributed by atoms with Gasteiger partial charge in [-0.05, 0) is 49.6 Å². The van der Waals surface area contributed by atoms with Crippen LogP contribution in [0, 0.1) is 0 Å². The van der Waals surface area contributed by atoms with Crippen molar-refractivity contribution in [3.63, 3.8) is 0 Å². The fourth-order valence-electron chi connectivity index (χ4n) is 1.39. The molecule has 6 heteroatoms. The Morgan fingerprint density at radius 2 is 1.68 bits per heavy atom. The van der Waals surface area contributed by atoms with E-state index in [1.165, 1.54) is 12.1 Å². The summed E-state index contributed by atoms with van der Waals surface area (Å²) in [6, 6.07) is 6.48. The number of hydrogen-bond donors (Lipinski definition) is 1. The number of halogens is 3. The molecule has 1 N–H and O–H groups in total. The molecule has 1 aromatic carbocycles. The van der Waals surface area contributed by atoms with Gasteiger partial charge >= 0.3 is 5.51 Å². The van der Waals surface area contributed by atoms with E-state index >= 15 is 0 Å². The number of benzene rings is 1. The minimum atomic E-state index is -4.22. The summed E-state index contributed by atoms with van der Waals surface area (Å²) in [5.74, 6) is 0. The molecule has 0 bridgehead atoms. The molecule has 0 amide bonds. The van der Waals surface area contributed by atoms with Gasteiger partial charge in [0, 0.05) is 22.7 Å². The summed E-state index contributed by atoms with van der Waals surface area (Å²) in [7, 11) is 0. The third kappa shape index (κ3) is 7.13. The fourth-order valence-corrected chi connectivity index (χ4v) is 2.17. The molecule has 0 atom stereocenters. The smallest absolute Gasteiger partial charge is 0.311 e. The van der Waals surface area contributed by atoms with Crippen molar-refractivity contribution in [2.75, 3.05) is 12.8 Å². The average molecular weight is 309 g/mol. The first-order valence-electron chi connectivity index (χ1n) is 5.82. The van der Waals surface area contributed by atoms with E-state index in [-0.39, 0.29) is 21.4 Å². The topological polar surface area (TPSA) is 12.0 Å². The zero-order valence-corrected chi connectivity index (χ0v) is 12.8. The summed E-state index contributed by atoms with van der Waals surface area (Å²) in [5, 5.41) is 3.31. The van der Waals surface area contributed by atoms with Crippen molar-refractivity contribution in [1.29, 1.82) is 0 Å². The normalized spacial score (nSPS) is 12.7. The number of nitrogens with one attached hydrogen (secondary N) is 1. The van der Waals surface area contributed by atoms with Gasteiger partial charge in [0.25, 0.3) is 0 Å². The largest absolute Gasteiger partial charge is 0.446 e. The number of alkyl halides is 3. The average Bonchev–Trinajstić information content (AvgIpc) is 2.29. The molecular formula is C13H18F3NS2. The van der Waals surface area contributed by atoms with Gasteiger partial charge in [-0.15, -0.1) is 0 Å². The van der Waals surface area contributed by atoms with Crippen molar-refractivity contribution in [3.05, 3.63) is 29.8 Å². The molecule has 0 aliphatic heterocycles. The molecule has 1 rings (SSSR count). The monoisotopic (exact) mass is 309 g/mol. The second-order valence-corrected chi connectivity index (χ2v) is 7.41. The van der Waals surface area contributed by atoms with Crippen molar-refractivity contribution in [2.45, 2.75) is 35.5 Å². The van der Waals surface area contributed by atoms with E-state index in [1.807, 2.05) is 0 Å². The van der Waals surface area contributed by atoms with E-state index in [4.69, 9.17) is 0 Å². The van der Waals surface area contributed by atoms with Gasteiger partial charge in [0.15, 0.2) is 0 Å². The highest BCUT2D eigenvalue weighted by Gasteiger charge is 2.28. The highest BCUT2D eigenvalue weighted by atomic mass is 32.2. The van der Waals surface area contributed by atoms with Crippen LogP contribution in [-0.2, 0) is 6.54 Å². The van der Waals surface area contributed by atoms with E-state index in [2.05, 4.69) is 25.4 Å². The molecule has 0 unspecified atom stereocenters. The minimum absolute atomic E-state index is 0.0826. The Kier molecular flexibility index (Phi) is 6.08. The summed E-state index contributed by atoms with van der Waals surface area (Å²) in [4.78, 5) is 0.223. The standard InChI is InChI=1S/C13H18F3NS2/c1-12(2,18-3)9-17-8-10-4-6-11(7-5-10)19-13(14,15)16/h4-7,17H,8-9H2,1-3H3. The van der Waals surface area contributed by atoms with Crippen molar-refractivity contribution < 1.29 is 13.2 Å². The van der Waals surface area contributed by atoms with E-state index in [1.54, 1.807) is 23.9 Å². The summed E-state index contributed by atoms with van der Waals surface area (Å²) >= 11 is 1.70. The molecule has 0 aliphatic rings. The quantitative estimate of drug-likeness (QED) is 0.775. The van der Waals surface area contributed by atoms with Gasteiger partial charge < -0.3 is 5.32 Å². The fraction of sp³-hybridized carbons (Fsp3) is 0.538. The first-order valence-corrected chi connectivity index (χ1v) is 7.86. The second kappa shape index (κ2) is 6.90. The number of thioether (sulfide) groups is 2. The molecule has 0 aliphatic carbocycles. The van der Waals surface area contributed by atoms with E-state index in [9.17, 15) is 13.2 Å². The predicted octanol–water partition coefficient (Wildman–Crippen LogP) is 4.53. The molecule has 0 aromatic heterocycles. The second-order valence-electron chi connectivity index (χ2n) is 4.76. The van der Waals surface area contributed by atoms with Crippen LogP contribution in [-0.4, -0.2) is 23.1 Å². The molecule has 0 fully saturated rings. The zero-order valence-electron chi connectivity index (χ0n) is 11.2. The van der Waals surface area contributed by atoms with Crippen LogP contribution in [0.1, 0.15) is 19.4 Å². The van der Waals surface area contributed by atoms with Crippen molar-refractivity contribution in [2.24, 2.45) is 0 Å². The van der Waals surface area contributed by atoms with Crippen molar-refractivity contribution in [1.82, 2.24) is 5.32 Å². The van der Waals surface area contributed by atoms with Gasteiger partial charge in [-0.2, -0.15) is 24.9 Å². The zero-order chi connectivity index (χ0) is 14.5. The van der Waals surface area contributed by atoms with Gasteiger partial charge in [0.1, 0.15) is 0 Å². The third-order valence-electron chi connectivity index (χ3n) is 2.59. The maximum atomic E-state index is 12.2. The molecular weight excluding hydrogens is 291 g/mol. The van der Waals surface area contributed by atoms with Crippen molar-refractivity contribution in [3.8, 4) is 0 Å². The summed E-state index contributed by atoms with van der Waals surface area (Å²) in [6.07, 6.45) is 2.06. The Hall–Kier alpha value is -0.330. The molecule has 0 saturated carbocycles. The number of hydrogen-bond acceptors (Lipinski definition) is 3. The molecule has 0 saturated heterocycles. The van der Waals surface area contributed by atoms with E-state index in [0.29, 0.717) is 6.54 Å². The lowest BCUT2D eigenvalue weighted by molar-refractivity contribution is -0.0328. The van der Waals surface area contributed by atoms with Crippen LogP contribution in [0.2, 0.25) is 0 Å². The van der Waals surface area contributed by atoms with Crippen LogP contribution in [0.25, 0.3) is 0 Å². The first kappa shape index (κ1) is 16.7. The summed E-state index contributed by atoms with van der Waals surface area (Å²) in [6.45, 7) is 5.82. The molecule has 1 nitrogen and oxygen atoms in total. The molecule has 19 heavy (non-hydrogen) atoms. The first-order chi connectivity index (χ1) is 8.72. The molecule has 108 valence electrons. The summed E-state index contributed by atoms with van der Waals surface area (Å²) in [5.41, 5.74) is -3.23. The van der Waals surface area contributed by atoms with Gasteiger partial charge in [-0.25, -0.2) is 0 Å². The maximum Gasteiger partial charge on any atom is 0.446 e. The lowest BCUT2D eigenvalue weighted by Gasteiger charge is -2.22. The van der Waals surface area contributed by atoms with Crippen molar-refractivity contribution >= 4 is 23.5 Å². The Labute approximate surface area is 120 Å². The minimum Gasteiger partial charge on any atom is -0.311 e. The SMILES string of the molecule is CSC(C)(C)CNCc1ccc(SC(F)(F)F)cc1. The highest BCUT2D eigenvalue weighted by molar-refractivity contribution is 8.00. The number of rotatable bonds is 6. The lowest BCUT2D eigenvalue weighted by atomic mass is 10.2. The van der Waals surface area contributed by atoms with Crippen LogP contribution >= 0.6 is 23.5 Å². The van der Waals surface area contributed by atoms with Crippen LogP contribution in [0.3, 0.4) is 0 Å². The molecule has 0 spiro atoms. The molecule has 0 heterocycles. The Bertz CT molecular complexity index is 388. The van der Waals surface area contributed by atoms with Gasteiger partial charge in [-0.1, -0.05) is 12.1 Å². The Morgan fingerprint density at radius 1 is 1.11 bits per heavy atom. The van der Waals surface area contributed by atoms with Crippen LogP contribution in [0.5, 0.6) is 0 Å². The summed E-state index contributed by atoms with van der Waals surface area (Å²) < 4.78 is 36.6. The third-order valence-corrected chi connectivity index (χ3v) is 4.58. The highest BCUT2D eigenvalue weighted by Crippen LogP contribution is 2.36. The van der Waals surface area contributed by atoms with Crippen LogP contribution in [0.4, 0.5) is 13.2 Å². The van der Waals surface area contributed by atoms with Crippen LogP contribution in [0.15, 0.2) is 29.2 Å².